The van der Waals surface area contributed by atoms with E-state index in [-0.39, 0.29) is 44.4 Å². The van der Waals surface area contributed by atoms with Gasteiger partial charge in [0.15, 0.2) is 6.10 Å². The lowest BCUT2D eigenvalue weighted by atomic mass is 10.1. The number of allylic oxidation sites excluding steroid dienone is 20. The maximum absolute atomic E-state index is 12.7. The summed E-state index contributed by atoms with van der Waals surface area (Å²) < 4.78 is 16.6. The first-order valence-electron chi connectivity index (χ1n) is 24.0. The molecule has 0 amide bonds. The molecular weight excluding hydrogens is 757 g/mol. The average Bonchev–Trinajstić information content (AvgIpc) is 3.26. The van der Waals surface area contributed by atoms with Gasteiger partial charge < -0.3 is 14.2 Å². The van der Waals surface area contributed by atoms with Gasteiger partial charge in [-0.25, -0.2) is 0 Å². The SMILES string of the molecule is CC/C=C\C/C=C\C/C=C\C/C=C\C/C=C\CCCC(=O)OCC(COC(=O)CCC/C=C\CCCCCC)OC(=O)CCC/C=C\C/C=C\C/C=C\C/C=C\CCCCC. The second kappa shape index (κ2) is 48.5. The molecule has 0 rings (SSSR count). The summed E-state index contributed by atoms with van der Waals surface area (Å²) in [6.45, 7) is 6.30. The molecule has 0 saturated heterocycles. The smallest absolute Gasteiger partial charge is 0.306 e. The fourth-order valence-corrected chi connectivity index (χ4v) is 5.82. The Kier molecular flexibility index (Phi) is 45.1. The molecule has 0 saturated carbocycles. The monoisotopic (exact) mass is 843 g/mol. The van der Waals surface area contributed by atoms with E-state index >= 15 is 0 Å². The van der Waals surface area contributed by atoms with Gasteiger partial charge in [-0.1, -0.05) is 174 Å². The van der Waals surface area contributed by atoms with Gasteiger partial charge in [-0.3, -0.25) is 14.4 Å². The third-order valence-electron chi connectivity index (χ3n) is 9.42. The second-order valence-electron chi connectivity index (χ2n) is 15.3. The predicted octanol–water partition coefficient (Wildman–Crippen LogP) is 15.7. The summed E-state index contributed by atoms with van der Waals surface area (Å²) in [5, 5.41) is 0. The first kappa shape index (κ1) is 56.8. The van der Waals surface area contributed by atoms with E-state index < -0.39 is 12.1 Å². The maximum atomic E-state index is 12.7. The largest absolute Gasteiger partial charge is 0.462 e. The number of ether oxygens (including phenoxy) is 3. The summed E-state index contributed by atoms with van der Waals surface area (Å²) in [5.74, 6) is -1.10. The molecule has 0 aliphatic rings. The van der Waals surface area contributed by atoms with E-state index in [1.165, 1.54) is 51.4 Å². The molecular formula is C55H86O6. The van der Waals surface area contributed by atoms with Crippen LogP contribution in [0.15, 0.2) is 122 Å². The number of rotatable bonds is 41. The third-order valence-corrected chi connectivity index (χ3v) is 9.42. The summed E-state index contributed by atoms with van der Waals surface area (Å²) in [6.07, 6.45) is 66.3. The quantitative estimate of drug-likeness (QED) is 0.0264. The van der Waals surface area contributed by atoms with Crippen molar-refractivity contribution >= 4 is 17.9 Å². The lowest BCUT2D eigenvalue weighted by Gasteiger charge is -2.18. The molecule has 61 heavy (non-hydrogen) atoms. The van der Waals surface area contributed by atoms with Crippen LogP contribution in [0.4, 0.5) is 0 Å². The van der Waals surface area contributed by atoms with Crippen molar-refractivity contribution in [2.24, 2.45) is 0 Å². The van der Waals surface area contributed by atoms with Gasteiger partial charge in [-0.05, 0) is 116 Å². The van der Waals surface area contributed by atoms with E-state index in [0.29, 0.717) is 19.3 Å². The molecule has 6 heteroatoms. The molecule has 342 valence electrons. The van der Waals surface area contributed by atoms with Crippen molar-refractivity contribution in [2.75, 3.05) is 13.2 Å². The van der Waals surface area contributed by atoms with Crippen molar-refractivity contribution in [3.63, 3.8) is 0 Å². The minimum absolute atomic E-state index is 0.137. The summed E-state index contributed by atoms with van der Waals surface area (Å²) in [5.41, 5.74) is 0. The highest BCUT2D eigenvalue weighted by atomic mass is 16.6. The Labute approximate surface area is 373 Å². The van der Waals surface area contributed by atoms with Crippen molar-refractivity contribution in [3.8, 4) is 0 Å². The van der Waals surface area contributed by atoms with Crippen molar-refractivity contribution in [1.82, 2.24) is 0 Å². The normalized spacial score (nSPS) is 13.2. The fraction of sp³-hybridized carbons (Fsp3) is 0.582. The van der Waals surface area contributed by atoms with Crippen LogP contribution in [0, 0.1) is 0 Å². The van der Waals surface area contributed by atoms with Crippen molar-refractivity contribution in [3.05, 3.63) is 122 Å². The van der Waals surface area contributed by atoms with Gasteiger partial charge in [-0.2, -0.15) is 0 Å². The number of carbonyl (C=O) groups excluding carboxylic acids is 3. The Morgan fingerprint density at radius 2 is 0.639 bits per heavy atom. The van der Waals surface area contributed by atoms with Gasteiger partial charge in [-0.15, -0.1) is 0 Å². The predicted molar refractivity (Wildman–Crippen MR) is 260 cm³/mol. The molecule has 0 aliphatic carbocycles. The van der Waals surface area contributed by atoms with Gasteiger partial charge in [0.2, 0.25) is 0 Å². The maximum Gasteiger partial charge on any atom is 0.306 e. The molecule has 0 bridgehead atoms. The van der Waals surface area contributed by atoms with Crippen LogP contribution in [0.3, 0.4) is 0 Å². The fourth-order valence-electron chi connectivity index (χ4n) is 5.82. The van der Waals surface area contributed by atoms with Crippen LogP contribution in [0.2, 0.25) is 0 Å². The molecule has 0 N–H and O–H groups in total. The topological polar surface area (TPSA) is 78.9 Å². The summed E-state index contributed by atoms with van der Waals surface area (Å²) in [6, 6.07) is 0. The van der Waals surface area contributed by atoms with Crippen LogP contribution in [0.1, 0.15) is 188 Å². The Morgan fingerprint density at radius 3 is 1.02 bits per heavy atom. The van der Waals surface area contributed by atoms with E-state index in [9.17, 15) is 14.4 Å². The van der Waals surface area contributed by atoms with Gasteiger partial charge in [0, 0.05) is 19.3 Å². The van der Waals surface area contributed by atoms with Gasteiger partial charge in [0.25, 0.3) is 0 Å². The number of unbranched alkanes of at least 4 members (excludes halogenated alkanes) is 10. The number of hydrogen-bond acceptors (Lipinski definition) is 6. The standard InChI is InChI=1S/C55H86O6/c1-4-7-10-13-16-19-21-23-25-27-29-31-33-36-39-42-45-48-54(57)60-51-52(50-59-53(56)47-44-41-38-35-18-15-12-9-6-3)61-55(58)49-46-43-40-37-34-32-30-28-26-24-22-20-17-14-11-8-5-2/h7,10,16-17,19-20,23-26,29-32,35-40,52H,4-6,8-9,11-15,18,21-22,27-28,33-34,41-51H2,1-3H3/b10-7-,19-16-,20-17-,25-23-,26-24-,31-29-,32-30-,38-35-,39-36-,40-37-. The molecule has 0 aromatic heterocycles. The van der Waals surface area contributed by atoms with Crippen LogP contribution in [-0.4, -0.2) is 37.2 Å². The second-order valence-corrected chi connectivity index (χ2v) is 15.3. The van der Waals surface area contributed by atoms with Gasteiger partial charge in [0.05, 0.1) is 0 Å². The number of hydrogen-bond donors (Lipinski definition) is 0. The molecule has 6 nitrogen and oxygen atoms in total. The molecule has 0 aromatic rings. The van der Waals surface area contributed by atoms with E-state index in [0.717, 1.165) is 77.0 Å². The molecule has 0 spiro atoms. The van der Waals surface area contributed by atoms with Crippen LogP contribution in [0.25, 0.3) is 0 Å². The first-order valence-corrected chi connectivity index (χ1v) is 24.0. The highest BCUT2D eigenvalue weighted by Gasteiger charge is 2.19. The molecule has 1 atom stereocenters. The zero-order valence-corrected chi connectivity index (χ0v) is 38.9. The van der Waals surface area contributed by atoms with Crippen molar-refractivity contribution in [2.45, 2.75) is 194 Å². The molecule has 0 fully saturated rings. The van der Waals surface area contributed by atoms with E-state index in [1.54, 1.807) is 0 Å². The van der Waals surface area contributed by atoms with E-state index in [4.69, 9.17) is 14.2 Å². The Bertz CT molecular complexity index is 1340. The highest BCUT2D eigenvalue weighted by Crippen LogP contribution is 2.09. The van der Waals surface area contributed by atoms with Crippen LogP contribution >= 0.6 is 0 Å². The van der Waals surface area contributed by atoms with Crippen LogP contribution < -0.4 is 0 Å². The number of carbonyl (C=O) groups is 3. The summed E-state index contributed by atoms with van der Waals surface area (Å²) in [7, 11) is 0. The lowest BCUT2D eigenvalue weighted by Crippen LogP contribution is -2.30. The molecule has 1 unspecified atom stereocenters. The molecule has 0 aliphatic heterocycles. The average molecular weight is 843 g/mol. The van der Waals surface area contributed by atoms with E-state index in [2.05, 4.69) is 142 Å². The molecule has 0 aromatic carbocycles. The Balaban J connectivity index is 4.59. The van der Waals surface area contributed by atoms with Crippen molar-refractivity contribution < 1.29 is 28.6 Å². The lowest BCUT2D eigenvalue weighted by molar-refractivity contribution is -0.166. The minimum atomic E-state index is -0.842. The Morgan fingerprint density at radius 1 is 0.344 bits per heavy atom. The number of esters is 3. The zero-order chi connectivity index (χ0) is 44.4. The molecule has 0 radical (unpaired) electrons. The molecule has 0 heterocycles. The van der Waals surface area contributed by atoms with Crippen molar-refractivity contribution in [1.29, 1.82) is 0 Å². The third kappa shape index (κ3) is 46.7. The van der Waals surface area contributed by atoms with E-state index in [1.807, 2.05) is 0 Å². The van der Waals surface area contributed by atoms with Gasteiger partial charge in [0.1, 0.15) is 13.2 Å². The highest BCUT2D eigenvalue weighted by molar-refractivity contribution is 5.71. The zero-order valence-electron chi connectivity index (χ0n) is 38.9. The van der Waals surface area contributed by atoms with Crippen LogP contribution in [0.5, 0.6) is 0 Å². The summed E-state index contributed by atoms with van der Waals surface area (Å²) in [4.78, 5) is 37.7. The van der Waals surface area contributed by atoms with Crippen LogP contribution in [-0.2, 0) is 28.6 Å². The Hall–Kier alpha value is -4.19. The minimum Gasteiger partial charge on any atom is -0.462 e. The summed E-state index contributed by atoms with van der Waals surface area (Å²) >= 11 is 0. The first-order chi connectivity index (χ1) is 30.0. The van der Waals surface area contributed by atoms with Gasteiger partial charge >= 0.3 is 17.9 Å².